The van der Waals surface area contributed by atoms with Crippen molar-refractivity contribution in [1.29, 1.82) is 0 Å². The van der Waals surface area contributed by atoms with Gasteiger partial charge in [-0.05, 0) is 25.8 Å². The summed E-state index contributed by atoms with van der Waals surface area (Å²) >= 11 is 0. The van der Waals surface area contributed by atoms with Crippen LogP contribution in [-0.4, -0.2) is 22.0 Å². The predicted octanol–water partition coefficient (Wildman–Crippen LogP) is 3.12. The zero-order chi connectivity index (χ0) is 15.4. The van der Waals surface area contributed by atoms with Crippen molar-refractivity contribution < 1.29 is 9.84 Å². The summed E-state index contributed by atoms with van der Waals surface area (Å²) in [5.74, 6) is 0.867. The van der Waals surface area contributed by atoms with E-state index in [1.165, 1.54) is 0 Å². The molecule has 21 heavy (non-hydrogen) atoms. The van der Waals surface area contributed by atoms with Gasteiger partial charge in [0.1, 0.15) is 5.75 Å². The maximum absolute atomic E-state index is 10.0. The monoisotopic (exact) mass is 288 g/mol. The van der Waals surface area contributed by atoms with E-state index in [1.807, 2.05) is 35.9 Å². The van der Waals surface area contributed by atoms with Gasteiger partial charge in [0.05, 0.1) is 25.5 Å². The molecule has 0 saturated heterocycles. The molecule has 1 atom stereocenters. The van der Waals surface area contributed by atoms with Crippen molar-refractivity contribution >= 4 is 0 Å². The summed E-state index contributed by atoms with van der Waals surface area (Å²) in [6, 6.07) is 7.97. The molecule has 0 aliphatic rings. The second kappa shape index (κ2) is 6.76. The number of aromatic nitrogens is 2. The van der Waals surface area contributed by atoms with Crippen LogP contribution in [0.25, 0.3) is 0 Å². The highest BCUT2D eigenvalue weighted by molar-refractivity contribution is 5.35. The topological polar surface area (TPSA) is 47.3 Å². The van der Waals surface area contributed by atoms with Gasteiger partial charge in [0, 0.05) is 16.8 Å². The third kappa shape index (κ3) is 3.10. The minimum Gasteiger partial charge on any atom is -0.496 e. The number of benzene rings is 1. The molecule has 4 heteroatoms. The SMILES string of the molecule is CCc1nn(Cc2ccccc2OC)c(CC)c1C(C)O. The van der Waals surface area contributed by atoms with Crippen molar-refractivity contribution in [3.8, 4) is 5.75 Å². The van der Waals surface area contributed by atoms with E-state index in [0.29, 0.717) is 6.54 Å². The standard InChI is InChI=1S/C17H24N2O2/c1-5-14-17(12(3)20)15(6-2)19(18-14)11-13-9-7-8-10-16(13)21-4/h7-10,12,20H,5-6,11H2,1-4H3. The molecule has 0 amide bonds. The third-order valence-corrected chi connectivity index (χ3v) is 3.77. The van der Waals surface area contributed by atoms with Crippen LogP contribution in [0.3, 0.4) is 0 Å². The Morgan fingerprint density at radius 1 is 1.24 bits per heavy atom. The quantitative estimate of drug-likeness (QED) is 0.888. The molecule has 1 unspecified atom stereocenters. The molecule has 0 aliphatic carbocycles. The van der Waals surface area contributed by atoms with Crippen molar-refractivity contribution in [3.63, 3.8) is 0 Å². The fourth-order valence-electron chi connectivity index (χ4n) is 2.81. The molecule has 1 aromatic carbocycles. The minimum atomic E-state index is -0.485. The van der Waals surface area contributed by atoms with Gasteiger partial charge >= 0.3 is 0 Å². The number of methoxy groups -OCH3 is 1. The molecule has 0 bridgehead atoms. The number of rotatable bonds is 6. The fraction of sp³-hybridized carbons (Fsp3) is 0.471. The van der Waals surface area contributed by atoms with Crippen LogP contribution in [0, 0.1) is 0 Å². The molecule has 1 aromatic heterocycles. The van der Waals surface area contributed by atoms with Crippen LogP contribution in [0.2, 0.25) is 0 Å². The lowest BCUT2D eigenvalue weighted by molar-refractivity contribution is 0.197. The number of aliphatic hydroxyl groups excluding tert-OH is 1. The summed E-state index contributed by atoms with van der Waals surface area (Å²) in [6.07, 6.45) is 1.19. The Balaban J connectivity index is 2.44. The summed E-state index contributed by atoms with van der Waals surface area (Å²) in [6.45, 7) is 6.64. The summed E-state index contributed by atoms with van der Waals surface area (Å²) in [5, 5.41) is 14.7. The number of para-hydroxylation sites is 1. The Bertz CT molecular complexity index is 603. The Hall–Kier alpha value is -1.81. The smallest absolute Gasteiger partial charge is 0.123 e. The van der Waals surface area contributed by atoms with Gasteiger partial charge < -0.3 is 9.84 Å². The number of ether oxygens (including phenoxy) is 1. The molecule has 1 N–H and O–H groups in total. The maximum atomic E-state index is 10.0. The van der Waals surface area contributed by atoms with Gasteiger partial charge in [-0.3, -0.25) is 4.68 Å². The molecule has 0 radical (unpaired) electrons. The summed E-state index contributed by atoms with van der Waals surface area (Å²) < 4.78 is 7.41. The highest BCUT2D eigenvalue weighted by Crippen LogP contribution is 2.26. The van der Waals surface area contributed by atoms with E-state index in [-0.39, 0.29) is 0 Å². The fourth-order valence-corrected chi connectivity index (χ4v) is 2.81. The van der Waals surface area contributed by atoms with Crippen LogP contribution in [0.5, 0.6) is 5.75 Å². The van der Waals surface area contributed by atoms with E-state index < -0.39 is 6.10 Å². The molecule has 2 aromatic rings. The Kier molecular flexibility index (Phi) is 5.02. The summed E-state index contributed by atoms with van der Waals surface area (Å²) in [7, 11) is 1.68. The zero-order valence-corrected chi connectivity index (χ0v) is 13.3. The Labute approximate surface area is 126 Å². The second-order valence-electron chi connectivity index (χ2n) is 5.16. The number of nitrogens with zero attached hydrogens (tertiary/aromatic N) is 2. The lowest BCUT2D eigenvalue weighted by atomic mass is 10.0. The zero-order valence-electron chi connectivity index (χ0n) is 13.3. The summed E-state index contributed by atoms with van der Waals surface area (Å²) in [5.41, 5.74) is 4.16. The first kappa shape index (κ1) is 15.6. The largest absolute Gasteiger partial charge is 0.496 e. The van der Waals surface area contributed by atoms with Crippen LogP contribution < -0.4 is 4.74 Å². The molecular formula is C17H24N2O2. The molecule has 0 fully saturated rings. The highest BCUT2D eigenvalue weighted by atomic mass is 16.5. The van der Waals surface area contributed by atoms with E-state index >= 15 is 0 Å². The van der Waals surface area contributed by atoms with Crippen LogP contribution in [-0.2, 0) is 19.4 Å². The molecule has 0 aliphatic heterocycles. The van der Waals surface area contributed by atoms with Crippen molar-refractivity contribution in [2.24, 2.45) is 0 Å². The predicted molar refractivity (Wildman–Crippen MR) is 83.7 cm³/mol. The first-order valence-corrected chi connectivity index (χ1v) is 7.50. The van der Waals surface area contributed by atoms with E-state index in [0.717, 1.165) is 41.1 Å². The molecule has 1 heterocycles. The van der Waals surface area contributed by atoms with Gasteiger partial charge in [0.2, 0.25) is 0 Å². The minimum absolute atomic E-state index is 0.485. The van der Waals surface area contributed by atoms with E-state index in [1.54, 1.807) is 7.11 Å². The van der Waals surface area contributed by atoms with Gasteiger partial charge in [-0.25, -0.2) is 0 Å². The van der Waals surface area contributed by atoms with Crippen LogP contribution in [0.4, 0.5) is 0 Å². The van der Waals surface area contributed by atoms with E-state index in [9.17, 15) is 5.11 Å². The number of hydrogen-bond acceptors (Lipinski definition) is 3. The molecular weight excluding hydrogens is 264 g/mol. The number of hydrogen-bond donors (Lipinski definition) is 1. The average Bonchev–Trinajstić information content (AvgIpc) is 2.85. The Morgan fingerprint density at radius 2 is 1.95 bits per heavy atom. The lowest BCUT2D eigenvalue weighted by Crippen LogP contribution is -2.08. The average molecular weight is 288 g/mol. The first-order valence-electron chi connectivity index (χ1n) is 7.50. The van der Waals surface area contributed by atoms with Crippen molar-refractivity contribution in [3.05, 3.63) is 46.8 Å². The van der Waals surface area contributed by atoms with Gasteiger partial charge in [-0.1, -0.05) is 32.0 Å². The van der Waals surface area contributed by atoms with Crippen LogP contribution >= 0.6 is 0 Å². The van der Waals surface area contributed by atoms with Gasteiger partial charge in [-0.2, -0.15) is 5.10 Å². The van der Waals surface area contributed by atoms with Crippen molar-refractivity contribution in [2.45, 2.75) is 46.3 Å². The van der Waals surface area contributed by atoms with Gasteiger partial charge in [-0.15, -0.1) is 0 Å². The molecule has 0 saturated carbocycles. The molecule has 4 nitrogen and oxygen atoms in total. The van der Waals surface area contributed by atoms with Crippen LogP contribution in [0.15, 0.2) is 24.3 Å². The highest BCUT2D eigenvalue weighted by Gasteiger charge is 2.19. The van der Waals surface area contributed by atoms with Crippen LogP contribution in [0.1, 0.15) is 49.4 Å². The Morgan fingerprint density at radius 3 is 2.52 bits per heavy atom. The lowest BCUT2D eigenvalue weighted by Gasteiger charge is -2.12. The summed E-state index contributed by atoms with van der Waals surface area (Å²) in [4.78, 5) is 0. The third-order valence-electron chi connectivity index (χ3n) is 3.77. The van der Waals surface area contributed by atoms with E-state index in [2.05, 4.69) is 13.8 Å². The molecule has 2 rings (SSSR count). The van der Waals surface area contributed by atoms with Gasteiger partial charge in [0.25, 0.3) is 0 Å². The van der Waals surface area contributed by atoms with Crippen molar-refractivity contribution in [2.75, 3.05) is 7.11 Å². The maximum Gasteiger partial charge on any atom is 0.123 e. The second-order valence-corrected chi connectivity index (χ2v) is 5.16. The first-order chi connectivity index (χ1) is 10.1. The molecule has 0 spiro atoms. The van der Waals surface area contributed by atoms with Gasteiger partial charge in [0.15, 0.2) is 0 Å². The van der Waals surface area contributed by atoms with E-state index in [4.69, 9.17) is 9.84 Å². The molecule has 114 valence electrons. The van der Waals surface area contributed by atoms with Crippen molar-refractivity contribution in [1.82, 2.24) is 9.78 Å². The number of aliphatic hydroxyl groups is 1. The normalized spacial score (nSPS) is 12.4. The number of aryl methyl sites for hydroxylation is 1.